The number of nitrogens with one attached hydrogen (secondary N) is 2. The van der Waals surface area contributed by atoms with Gasteiger partial charge in [-0.2, -0.15) is 0 Å². The number of hydrogen-bond donors (Lipinski definition) is 2. The normalized spacial score (nSPS) is 15.2. The first kappa shape index (κ1) is 15.5. The SMILES string of the molecule is O=C(Nc1ccc(-n2ccnn2)cc1)c1cn(C2CCNCC2)nn1. The summed E-state index contributed by atoms with van der Waals surface area (Å²) < 4.78 is 3.44. The average molecular weight is 338 g/mol. The van der Waals surface area contributed by atoms with Crippen LogP contribution in [0.3, 0.4) is 0 Å². The number of nitrogens with zero attached hydrogens (tertiary/aromatic N) is 6. The number of hydrogen-bond acceptors (Lipinski definition) is 6. The molecule has 3 aromatic rings. The monoisotopic (exact) mass is 338 g/mol. The van der Waals surface area contributed by atoms with E-state index in [9.17, 15) is 4.79 Å². The van der Waals surface area contributed by atoms with Crippen LogP contribution in [-0.4, -0.2) is 49.0 Å². The molecule has 0 aliphatic carbocycles. The maximum absolute atomic E-state index is 12.4. The maximum atomic E-state index is 12.4. The second kappa shape index (κ2) is 6.81. The van der Waals surface area contributed by atoms with Crippen LogP contribution in [-0.2, 0) is 0 Å². The van der Waals surface area contributed by atoms with Gasteiger partial charge < -0.3 is 10.6 Å². The van der Waals surface area contributed by atoms with Gasteiger partial charge in [0, 0.05) is 5.69 Å². The predicted molar refractivity (Wildman–Crippen MR) is 90.5 cm³/mol. The highest BCUT2D eigenvalue weighted by Crippen LogP contribution is 2.18. The first-order valence-electron chi connectivity index (χ1n) is 8.20. The van der Waals surface area contributed by atoms with Crippen molar-refractivity contribution in [1.29, 1.82) is 0 Å². The number of piperidine rings is 1. The number of rotatable bonds is 4. The Labute approximate surface area is 144 Å². The van der Waals surface area contributed by atoms with E-state index in [2.05, 4.69) is 31.3 Å². The molecule has 2 N–H and O–H groups in total. The zero-order valence-corrected chi connectivity index (χ0v) is 13.5. The Morgan fingerprint density at radius 2 is 1.96 bits per heavy atom. The van der Waals surface area contributed by atoms with E-state index in [1.54, 1.807) is 28.0 Å². The van der Waals surface area contributed by atoms with Crippen LogP contribution in [0.1, 0.15) is 29.4 Å². The second-order valence-electron chi connectivity index (χ2n) is 5.91. The van der Waals surface area contributed by atoms with E-state index in [0.717, 1.165) is 31.6 Å². The molecule has 2 aromatic heterocycles. The highest BCUT2D eigenvalue weighted by molar-refractivity contribution is 6.02. The summed E-state index contributed by atoms with van der Waals surface area (Å²) in [6.07, 6.45) is 7.07. The molecule has 25 heavy (non-hydrogen) atoms. The summed E-state index contributed by atoms with van der Waals surface area (Å²) in [5.41, 5.74) is 1.87. The highest BCUT2D eigenvalue weighted by atomic mass is 16.2. The lowest BCUT2D eigenvalue weighted by atomic mass is 10.1. The van der Waals surface area contributed by atoms with Gasteiger partial charge in [-0.25, -0.2) is 9.36 Å². The molecule has 1 fully saturated rings. The van der Waals surface area contributed by atoms with Gasteiger partial charge in [-0.15, -0.1) is 10.2 Å². The lowest BCUT2D eigenvalue weighted by Gasteiger charge is -2.22. The van der Waals surface area contributed by atoms with E-state index in [4.69, 9.17) is 0 Å². The standard InChI is InChI=1S/C16H18N8O/c25-16(15-11-24(22-20-15)14-5-7-17-8-6-14)19-12-1-3-13(4-2-12)23-10-9-18-21-23/h1-4,9-11,14,17H,5-8H2,(H,19,25). The van der Waals surface area contributed by atoms with Crippen LogP contribution in [0.5, 0.6) is 0 Å². The molecule has 1 aromatic carbocycles. The van der Waals surface area contributed by atoms with Gasteiger partial charge in [-0.05, 0) is 50.2 Å². The van der Waals surface area contributed by atoms with Gasteiger partial charge in [0.2, 0.25) is 0 Å². The van der Waals surface area contributed by atoms with Gasteiger partial charge in [-0.1, -0.05) is 10.4 Å². The molecule has 0 atom stereocenters. The molecule has 1 aliphatic rings. The minimum Gasteiger partial charge on any atom is -0.321 e. The fraction of sp³-hybridized carbons (Fsp3) is 0.312. The Morgan fingerprint density at radius 1 is 1.16 bits per heavy atom. The molecule has 9 heteroatoms. The van der Waals surface area contributed by atoms with Gasteiger partial charge in [0.15, 0.2) is 5.69 Å². The van der Waals surface area contributed by atoms with Crippen molar-refractivity contribution in [2.75, 3.05) is 18.4 Å². The molecule has 4 rings (SSSR count). The second-order valence-corrected chi connectivity index (χ2v) is 5.91. The minimum absolute atomic E-state index is 0.270. The Hall–Kier alpha value is -3.07. The first-order chi connectivity index (χ1) is 12.3. The Kier molecular flexibility index (Phi) is 4.21. The van der Waals surface area contributed by atoms with Crippen LogP contribution in [0.4, 0.5) is 5.69 Å². The van der Waals surface area contributed by atoms with Gasteiger partial charge >= 0.3 is 0 Å². The molecule has 0 saturated carbocycles. The van der Waals surface area contributed by atoms with Gasteiger partial charge in [0.05, 0.1) is 30.3 Å². The lowest BCUT2D eigenvalue weighted by molar-refractivity contribution is 0.102. The molecule has 0 spiro atoms. The molecular formula is C16H18N8O. The van der Waals surface area contributed by atoms with Crippen molar-refractivity contribution >= 4 is 11.6 Å². The molecule has 9 nitrogen and oxygen atoms in total. The predicted octanol–water partition coefficient (Wildman–Crippen LogP) is 1.04. The van der Waals surface area contributed by atoms with Crippen molar-refractivity contribution in [3.63, 3.8) is 0 Å². The number of carbonyl (C=O) groups is 1. The van der Waals surface area contributed by atoms with Crippen LogP contribution in [0, 0.1) is 0 Å². The molecule has 1 aliphatic heterocycles. The van der Waals surface area contributed by atoms with Crippen LogP contribution < -0.4 is 10.6 Å². The summed E-state index contributed by atoms with van der Waals surface area (Å²) in [6, 6.07) is 7.64. The van der Waals surface area contributed by atoms with Crippen LogP contribution >= 0.6 is 0 Å². The number of benzene rings is 1. The summed E-state index contributed by atoms with van der Waals surface area (Å²) in [6.45, 7) is 1.92. The minimum atomic E-state index is -0.270. The van der Waals surface area contributed by atoms with Crippen molar-refractivity contribution in [2.45, 2.75) is 18.9 Å². The average Bonchev–Trinajstić information content (AvgIpc) is 3.35. The van der Waals surface area contributed by atoms with Gasteiger partial charge in [0.1, 0.15) is 0 Å². The number of anilines is 1. The largest absolute Gasteiger partial charge is 0.321 e. The van der Waals surface area contributed by atoms with E-state index in [1.165, 1.54) is 0 Å². The van der Waals surface area contributed by atoms with E-state index < -0.39 is 0 Å². The maximum Gasteiger partial charge on any atom is 0.277 e. The van der Waals surface area contributed by atoms with Crippen molar-refractivity contribution in [2.24, 2.45) is 0 Å². The molecule has 1 amide bonds. The topological polar surface area (TPSA) is 103 Å². The molecule has 0 radical (unpaired) electrons. The Bertz CT molecular complexity index is 833. The molecule has 3 heterocycles. The highest BCUT2D eigenvalue weighted by Gasteiger charge is 2.18. The van der Waals surface area contributed by atoms with Gasteiger partial charge in [-0.3, -0.25) is 4.79 Å². The third kappa shape index (κ3) is 3.41. The zero-order valence-electron chi connectivity index (χ0n) is 13.5. The third-order valence-corrected chi connectivity index (χ3v) is 4.24. The molecule has 0 bridgehead atoms. The molecular weight excluding hydrogens is 320 g/mol. The third-order valence-electron chi connectivity index (χ3n) is 4.24. The van der Waals surface area contributed by atoms with Crippen molar-refractivity contribution in [1.82, 2.24) is 35.3 Å². The Morgan fingerprint density at radius 3 is 2.68 bits per heavy atom. The van der Waals surface area contributed by atoms with E-state index >= 15 is 0 Å². The zero-order chi connectivity index (χ0) is 17.1. The summed E-state index contributed by atoms with van der Waals surface area (Å²) in [5, 5.41) is 22.0. The summed E-state index contributed by atoms with van der Waals surface area (Å²) in [5.74, 6) is -0.270. The van der Waals surface area contributed by atoms with E-state index in [1.807, 2.05) is 24.3 Å². The number of carbonyl (C=O) groups excluding carboxylic acids is 1. The summed E-state index contributed by atoms with van der Waals surface area (Å²) >= 11 is 0. The van der Waals surface area contributed by atoms with Crippen LogP contribution in [0.15, 0.2) is 42.9 Å². The molecule has 0 unspecified atom stereocenters. The van der Waals surface area contributed by atoms with Crippen molar-refractivity contribution < 1.29 is 4.79 Å². The Balaban J connectivity index is 1.42. The fourth-order valence-corrected chi connectivity index (χ4v) is 2.87. The smallest absolute Gasteiger partial charge is 0.277 e. The quantitative estimate of drug-likeness (QED) is 0.737. The van der Waals surface area contributed by atoms with Crippen LogP contribution in [0.25, 0.3) is 5.69 Å². The lowest BCUT2D eigenvalue weighted by Crippen LogP contribution is -2.29. The van der Waals surface area contributed by atoms with E-state index in [-0.39, 0.29) is 5.91 Å². The first-order valence-corrected chi connectivity index (χ1v) is 8.20. The van der Waals surface area contributed by atoms with Gasteiger partial charge in [0.25, 0.3) is 5.91 Å². The van der Waals surface area contributed by atoms with Crippen molar-refractivity contribution in [3.05, 3.63) is 48.5 Å². The summed E-state index contributed by atoms with van der Waals surface area (Å²) in [4.78, 5) is 12.4. The number of amides is 1. The van der Waals surface area contributed by atoms with E-state index in [0.29, 0.717) is 17.4 Å². The number of aromatic nitrogens is 6. The summed E-state index contributed by atoms with van der Waals surface area (Å²) in [7, 11) is 0. The van der Waals surface area contributed by atoms with Crippen molar-refractivity contribution in [3.8, 4) is 5.69 Å². The fourth-order valence-electron chi connectivity index (χ4n) is 2.87. The molecule has 128 valence electrons. The van der Waals surface area contributed by atoms with Crippen LogP contribution in [0.2, 0.25) is 0 Å². The molecule has 1 saturated heterocycles.